The van der Waals surface area contributed by atoms with Gasteiger partial charge in [-0.1, -0.05) is 76.2 Å². The number of rotatable bonds is 11. The fourth-order valence-corrected chi connectivity index (χ4v) is 10.2. The number of benzene rings is 3. The van der Waals surface area contributed by atoms with Gasteiger partial charge in [-0.15, -0.1) is 0 Å². The highest BCUT2D eigenvalue weighted by Crippen LogP contribution is 2.58. The number of carbonyl (C=O) groups excluding carboxylic acids is 4. The number of likely N-dealkylation sites (tertiary alicyclic amines) is 2. The number of ether oxygens (including phenoxy) is 2. The lowest BCUT2D eigenvalue weighted by Crippen LogP contribution is -2.54. The zero-order valence-corrected chi connectivity index (χ0v) is 36.2. The average molecular weight is 841 g/mol. The maximum Gasteiger partial charge on any atom is 0.407 e. The van der Waals surface area contributed by atoms with Gasteiger partial charge < -0.3 is 39.9 Å². The maximum atomic E-state index is 14.0. The van der Waals surface area contributed by atoms with Crippen LogP contribution in [0.25, 0.3) is 44.4 Å². The zero-order valence-electron chi connectivity index (χ0n) is 36.2. The first-order chi connectivity index (χ1) is 29.8. The molecule has 2 bridgehead atoms. The lowest BCUT2D eigenvalue weighted by Gasteiger charge is -2.37. The molecular formula is C48H56N8O6. The number of H-pyrrole nitrogens is 2. The van der Waals surface area contributed by atoms with E-state index < -0.39 is 24.3 Å². The number of nitrogens with zero attached hydrogens (tertiary/aromatic N) is 4. The minimum Gasteiger partial charge on any atom is -0.453 e. The van der Waals surface area contributed by atoms with E-state index in [2.05, 4.69) is 81.3 Å². The maximum absolute atomic E-state index is 14.0. The smallest absolute Gasteiger partial charge is 0.407 e. The van der Waals surface area contributed by atoms with E-state index >= 15 is 0 Å². The number of aromatic amines is 2. The topological polar surface area (TPSA) is 175 Å². The van der Waals surface area contributed by atoms with Crippen molar-refractivity contribution in [1.82, 2.24) is 40.4 Å². The lowest BCUT2D eigenvalue weighted by molar-refractivity contribution is -0.139. The number of amides is 4. The molecule has 4 N–H and O–H groups in total. The Hall–Kier alpha value is -6.18. The molecule has 1 spiro atoms. The van der Waals surface area contributed by atoms with Crippen LogP contribution in [-0.4, -0.2) is 92.6 Å². The number of hydrogen-bond donors (Lipinski definition) is 4. The van der Waals surface area contributed by atoms with Crippen LogP contribution in [0.5, 0.6) is 0 Å². The first-order valence-corrected chi connectivity index (χ1v) is 21.9. The molecule has 9 rings (SSSR count). The van der Waals surface area contributed by atoms with E-state index in [-0.39, 0.29) is 47.2 Å². The molecule has 5 aromatic rings. The molecule has 4 fully saturated rings. The van der Waals surface area contributed by atoms with Crippen molar-refractivity contribution in [3.63, 3.8) is 0 Å². The van der Waals surface area contributed by atoms with Crippen molar-refractivity contribution < 1.29 is 28.7 Å². The number of aromatic nitrogens is 4. The summed E-state index contributed by atoms with van der Waals surface area (Å²) in [4.78, 5) is 72.7. The Bertz CT molecular complexity index is 2510. The lowest BCUT2D eigenvalue weighted by atomic mass is 9.95. The van der Waals surface area contributed by atoms with Gasteiger partial charge in [-0.05, 0) is 101 Å². The van der Waals surface area contributed by atoms with Crippen LogP contribution >= 0.6 is 0 Å². The second-order valence-corrected chi connectivity index (χ2v) is 18.5. The van der Waals surface area contributed by atoms with Crippen molar-refractivity contribution in [2.45, 2.75) is 96.4 Å². The van der Waals surface area contributed by atoms with Gasteiger partial charge in [0.25, 0.3) is 0 Å². The van der Waals surface area contributed by atoms with Gasteiger partial charge >= 0.3 is 12.2 Å². The number of methoxy groups -OCH3 is 2. The van der Waals surface area contributed by atoms with Crippen LogP contribution in [0.15, 0.2) is 73.1 Å². The molecule has 2 aliphatic heterocycles. The molecule has 324 valence electrons. The molecule has 2 saturated heterocycles. The van der Waals surface area contributed by atoms with Gasteiger partial charge in [0.15, 0.2) is 0 Å². The highest BCUT2D eigenvalue weighted by molar-refractivity contribution is 5.91. The van der Waals surface area contributed by atoms with Gasteiger partial charge in [0.2, 0.25) is 11.8 Å². The van der Waals surface area contributed by atoms with Crippen LogP contribution in [0.4, 0.5) is 9.59 Å². The fourth-order valence-electron chi connectivity index (χ4n) is 10.2. The predicted octanol–water partition coefficient (Wildman–Crippen LogP) is 8.15. The fraction of sp³-hybridized carbons (Fsp3) is 0.458. The molecule has 62 heavy (non-hydrogen) atoms. The molecule has 6 atom stereocenters. The highest BCUT2D eigenvalue weighted by Gasteiger charge is 2.55. The summed E-state index contributed by atoms with van der Waals surface area (Å²) in [5.41, 5.74) is 6.09. The molecule has 4 aliphatic rings. The molecule has 3 aromatic carbocycles. The summed E-state index contributed by atoms with van der Waals surface area (Å²) in [6.07, 6.45) is 8.43. The third kappa shape index (κ3) is 7.68. The summed E-state index contributed by atoms with van der Waals surface area (Å²) in [5, 5.41) is 7.73. The third-order valence-corrected chi connectivity index (χ3v) is 13.8. The summed E-state index contributed by atoms with van der Waals surface area (Å²) in [5.74, 6) is 1.44. The molecule has 4 amide bonds. The van der Waals surface area contributed by atoms with Crippen molar-refractivity contribution in [2.24, 2.45) is 23.2 Å². The SMILES string of the molecule is COC(=O)N[C@H](C(=O)N1CC2(CC2)C[C@H]1c1ncc(-c2ccc(-c3ccc4cc(-c5cnc([C@@H]6[C@@H]7CC[C@H](C7)N6C(=O)[C@@H](NC(=O)OC)C(C)C)[nH]5)ccc4c3)cc2)[nH]1)C(C)C. The summed E-state index contributed by atoms with van der Waals surface area (Å²) in [6.45, 7) is 8.37. The Morgan fingerprint density at radius 2 is 1.26 bits per heavy atom. The Morgan fingerprint density at radius 1 is 0.710 bits per heavy atom. The Morgan fingerprint density at radius 3 is 1.89 bits per heavy atom. The minimum absolute atomic E-state index is 0.0905. The van der Waals surface area contributed by atoms with Crippen molar-refractivity contribution in [1.29, 1.82) is 0 Å². The molecule has 0 unspecified atom stereocenters. The second kappa shape index (κ2) is 16.3. The van der Waals surface area contributed by atoms with Crippen molar-refractivity contribution in [2.75, 3.05) is 20.8 Å². The number of nitrogens with one attached hydrogen (secondary N) is 4. The number of fused-ring (bicyclic) bond motifs is 3. The second-order valence-electron chi connectivity index (χ2n) is 18.5. The zero-order chi connectivity index (χ0) is 43.4. The van der Waals surface area contributed by atoms with Crippen molar-refractivity contribution in [3.05, 3.63) is 84.7 Å². The van der Waals surface area contributed by atoms with Crippen LogP contribution in [-0.2, 0) is 19.1 Å². The van der Waals surface area contributed by atoms with E-state index in [1.54, 1.807) is 0 Å². The van der Waals surface area contributed by atoms with Crippen LogP contribution in [0.3, 0.4) is 0 Å². The molecule has 14 heteroatoms. The van der Waals surface area contributed by atoms with Gasteiger partial charge in [0, 0.05) is 18.2 Å². The van der Waals surface area contributed by atoms with Crippen LogP contribution in [0.1, 0.15) is 90.0 Å². The van der Waals surface area contributed by atoms with Crippen molar-refractivity contribution in [3.8, 4) is 33.6 Å². The molecule has 2 aromatic heterocycles. The summed E-state index contributed by atoms with van der Waals surface area (Å²) < 4.78 is 9.65. The van der Waals surface area contributed by atoms with E-state index in [1.165, 1.54) is 14.2 Å². The Balaban J connectivity index is 0.893. The minimum atomic E-state index is -0.686. The molecule has 2 saturated carbocycles. The summed E-state index contributed by atoms with van der Waals surface area (Å²) in [7, 11) is 2.62. The van der Waals surface area contributed by atoms with E-state index in [9.17, 15) is 19.2 Å². The van der Waals surface area contributed by atoms with Gasteiger partial charge in [0.05, 0.1) is 50.1 Å². The Labute approximate surface area is 361 Å². The number of carbonyl (C=O) groups is 4. The summed E-state index contributed by atoms with van der Waals surface area (Å²) >= 11 is 0. The molecule has 0 radical (unpaired) electrons. The first-order valence-electron chi connectivity index (χ1n) is 21.9. The third-order valence-electron chi connectivity index (χ3n) is 13.8. The first kappa shape index (κ1) is 41.2. The van der Waals surface area contributed by atoms with E-state index in [1.807, 2.05) is 49.9 Å². The predicted molar refractivity (Wildman–Crippen MR) is 234 cm³/mol. The van der Waals surface area contributed by atoms with Crippen molar-refractivity contribution >= 4 is 34.8 Å². The molecule has 2 aliphatic carbocycles. The molecular weight excluding hydrogens is 785 g/mol. The van der Waals surface area contributed by atoms with Crippen LogP contribution in [0.2, 0.25) is 0 Å². The van der Waals surface area contributed by atoms with Crippen LogP contribution in [0, 0.1) is 23.2 Å². The highest BCUT2D eigenvalue weighted by atomic mass is 16.5. The van der Waals surface area contributed by atoms with E-state index in [4.69, 9.17) is 19.4 Å². The number of piperidine rings is 1. The van der Waals surface area contributed by atoms with E-state index in [0.717, 1.165) is 94.6 Å². The number of hydrogen-bond acceptors (Lipinski definition) is 8. The average Bonchev–Trinajstić information content (AvgIpc) is 3.91. The monoisotopic (exact) mass is 840 g/mol. The largest absolute Gasteiger partial charge is 0.453 e. The summed E-state index contributed by atoms with van der Waals surface area (Å²) in [6, 6.07) is 19.7. The number of alkyl carbamates (subject to hydrolysis) is 2. The number of imidazole rings is 2. The van der Waals surface area contributed by atoms with Gasteiger partial charge in [-0.3, -0.25) is 9.59 Å². The normalized spacial score (nSPS) is 22.1. The molecule has 14 nitrogen and oxygen atoms in total. The standard InChI is InChI=1S/C48H56N8O6/c1-26(2)39(53-46(59)61-5)44(57)55-25-48(17-18-48)22-38(55)42-49-23-36(51-42)29-9-7-28(8-10-29)30-11-12-32-20-33(14-13-31(32)19-30)37-24-50-43(52-37)41-34-15-16-35(21-34)56(41)45(58)40(27(3)4)54-47(60)62-6/h7-14,19-20,23-24,26-27,34-35,38-41H,15-18,21-22,25H2,1-6H3,(H,49,51)(H,50,52)(H,53,59)(H,54,60)/t34-,35-,38+,39+,40+,41+/m1/s1. The van der Waals surface area contributed by atoms with E-state index in [0.29, 0.717) is 12.5 Å². The van der Waals surface area contributed by atoms with Gasteiger partial charge in [-0.2, -0.15) is 0 Å². The van der Waals surface area contributed by atoms with Gasteiger partial charge in [0.1, 0.15) is 23.7 Å². The van der Waals surface area contributed by atoms with Gasteiger partial charge in [-0.25, -0.2) is 19.6 Å². The van der Waals surface area contributed by atoms with Crippen LogP contribution < -0.4 is 10.6 Å². The molecule has 4 heterocycles. The quantitative estimate of drug-likeness (QED) is 0.103. The Kier molecular flexibility index (Phi) is 10.8.